The quantitative estimate of drug-likeness (QED) is 0.479. The number of aromatic nitrogens is 1. The number of carbonyl (C=O) groups excluding carboxylic acids is 2. The molecule has 2 aromatic heterocycles. The van der Waals surface area contributed by atoms with Gasteiger partial charge in [0.1, 0.15) is 17.2 Å². The zero-order valence-electron chi connectivity index (χ0n) is 13.7. The highest BCUT2D eigenvalue weighted by atomic mass is 32.2. The fourth-order valence-corrected chi connectivity index (χ4v) is 3.83. The molecule has 3 rings (SSSR count). The van der Waals surface area contributed by atoms with Crippen LogP contribution < -0.4 is 5.32 Å². The van der Waals surface area contributed by atoms with Gasteiger partial charge in [-0.2, -0.15) is 8.42 Å². The lowest BCUT2D eigenvalue weighted by Crippen LogP contribution is -2.29. The predicted octanol–water partition coefficient (Wildman–Crippen LogP) is 2.53. The minimum atomic E-state index is -4.21. The number of hydrogen-bond donors (Lipinski definition) is 2. The number of carbonyl (C=O) groups is 2. The molecule has 0 saturated carbocycles. The molecular formula is C17H13FN2O5S2. The van der Waals surface area contributed by atoms with Crippen LogP contribution in [-0.4, -0.2) is 42.4 Å². The largest absolute Gasteiger partial charge is 0.350 e. The van der Waals surface area contributed by atoms with Crippen LogP contribution in [0.2, 0.25) is 0 Å². The Morgan fingerprint density at radius 3 is 2.78 bits per heavy atom. The Hall–Kier alpha value is -2.69. The molecule has 140 valence electrons. The number of pyridine rings is 1. The van der Waals surface area contributed by atoms with Crippen LogP contribution in [0.1, 0.15) is 21.0 Å². The average molecular weight is 408 g/mol. The van der Waals surface area contributed by atoms with Crippen LogP contribution in [-0.2, 0) is 10.1 Å². The Kier molecular flexibility index (Phi) is 5.31. The molecule has 1 amide bonds. The van der Waals surface area contributed by atoms with Crippen LogP contribution in [0.15, 0.2) is 35.7 Å². The molecule has 0 atom stereocenters. The fourth-order valence-electron chi connectivity index (χ4n) is 2.52. The number of thiophene rings is 1. The summed E-state index contributed by atoms with van der Waals surface area (Å²) in [6, 6.07) is 7.41. The van der Waals surface area contributed by atoms with E-state index in [9.17, 15) is 22.4 Å². The van der Waals surface area contributed by atoms with Gasteiger partial charge in [0.15, 0.2) is 6.29 Å². The lowest BCUT2D eigenvalue weighted by Gasteiger charge is -2.09. The summed E-state index contributed by atoms with van der Waals surface area (Å²) in [5, 5.41) is 4.48. The molecular weight excluding hydrogens is 395 g/mol. The van der Waals surface area contributed by atoms with Crippen molar-refractivity contribution in [3.05, 3.63) is 52.9 Å². The van der Waals surface area contributed by atoms with Crippen molar-refractivity contribution in [1.82, 2.24) is 10.3 Å². The number of nitrogens with one attached hydrogen (secondary N) is 1. The topological polar surface area (TPSA) is 113 Å². The smallest absolute Gasteiger partial charge is 0.269 e. The molecule has 0 aliphatic heterocycles. The molecule has 0 saturated heterocycles. The minimum absolute atomic E-state index is 0.00135. The number of rotatable bonds is 6. The van der Waals surface area contributed by atoms with Crippen molar-refractivity contribution in [2.45, 2.75) is 0 Å². The Bertz CT molecular complexity index is 1140. The molecule has 1 aromatic carbocycles. The van der Waals surface area contributed by atoms with Crippen LogP contribution >= 0.6 is 11.3 Å². The van der Waals surface area contributed by atoms with E-state index in [0.29, 0.717) is 27.5 Å². The van der Waals surface area contributed by atoms with Gasteiger partial charge in [-0.15, -0.1) is 11.3 Å². The first-order valence-corrected chi connectivity index (χ1v) is 10.1. The van der Waals surface area contributed by atoms with Gasteiger partial charge in [0.2, 0.25) is 0 Å². The fraction of sp³-hybridized carbons (Fsp3) is 0.118. The molecule has 27 heavy (non-hydrogen) atoms. The Morgan fingerprint density at radius 1 is 1.30 bits per heavy atom. The van der Waals surface area contributed by atoms with Crippen molar-refractivity contribution >= 4 is 43.7 Å². The Labute approximate surface area is 157 Å². The van der Waals surface area contributed by atoms with Crippen LogP contribution in [0.25, 0.3) is 21.2 Å². The number of halogens is 1. The summed E-state index contributed by atoms with van der Waals surface area (Å²) in [4.78, 5) is 27.4. The van der Waals surface area contributed by atoms with Gasteiger partial charge in [-0.05, 0) is 40.8 Å². The van der Waals surface area contributed by atoms with Crippen molar-refractivity contribution in [2.75, 3.05) is 12.3 Å². The molecule has 2 N–H and O–H groups in total. The molecule has 3 aromatic rings. The Balaban J connectivity index is 1.98. The molecule has 2 heterocycles. The van der Waals surface area contributed by atoms with Gasteiger partial charge in [0, 0.05) is 16.6 Å². The van der Waals surface area contributed by atoms with E-state index in [1.807, 2.05) is 0 Å². The highest BCUT2D eigenvalue weighted by Gasteiger charge is 2.15. The third kappa shape index (κ3) is 4.35. The maximum atomic E-state index is 13.9. The van der Waals surface area contributed by atoms with E-state index in [4.69, 9.17) is 4.55 Å². The summed E-state index contributed by atoms with van der Waals surface area (Å²) < 4.78 is 44.7. The second-order valence-corrected chi connectivity index (χ2v) is 8.07. The summed E-state index contributed by atoms with van der Waals surface area (Å²) in [6.07, 6.45) is 0.480. The lowest BCUT2D eigenvalue weighted by molar-refractivity contribution is 0.0951. The number of amides is 1. The first-order valence-electron chi connectivity index (χ1n) is 7.65. The zero-order chi connectivity index (χ0) is 19.6. The summed E-state index contributed by atoms with van der Waals surface area (Å²) in [6.45, 7) is -0.314. The zero-order valence-corrected chi connectivity index (χ0v) is 15.3. The van der Waals surface area contributed by atoms with Crippen LogP contribution in [0.4, 0.5) is 4.39 Å². The number of nitrogens with zero attached hydrogens (tertiary/aromatic N) is 1. The highest BCUT2D eigenvalue weighted by molar-refractivity contribution is 7.85. The molecule has 0 aliphatic carbocycles. The Morgan fingerprint density at radius 2 is 2.07 bits per heavy atom. The number of fused-ring (bicyclic) bond motifs is 1. The van der Waals surface area contributed by atoms with E-state index >= 15 is 0 Å². The summed E-state index contributed by atoms with van der Waals surface area (Å²) >= 11 is 1.32. The van der Waals surface area contributed by atoms with Gasteiger partial charge in [-0.25, -0.2) is 9.37 Å². The van der Waals surface area contributed by atoms with E-state index in [1.165, 1.54) is 29.5 Å². The maximum absolute atomic E-state index is 13.9. The van der Waals surface area contributed by atoms with E-state index in [-0.39, 0.29) is 23.7 Å². The van der Waals surface area contributed by atoms with Crippen molar-refractivity contribution < 1.29 is 27.0 Å². The molecule has 0 radical (unpaired) electrons. The van der Waals surface area contributed by atoms with Crippen LogP contribution in [0.5, 0.6) is 0 Å². The van der Waals surface area contributed by atoms with Gasteiger partial charge in [0.05, 0.1) is 5.75 Å². The second-order valence-electron chi connectivity index (χ2n) is 5.58. The molecule has 0 fully saturated rings. The summed E-state index contributed by atoms with van der Waals surface area (Å²) in [5.74, 6) is -1.72. The van der Waals surface area contributed by atoms with Crippen LogP contribution in [0, 0.1) is 5.82 Å². The third-order valence-electron chi connectivity index (χ3n) is 3.72. The van der Waals surface area contributed by atoms with E-state index in [1.54, 1.807) is 17.5 Å². The molecule has 0 unspecified atom stereocenters. The highest BCUT2D eigenvalue weighted by Crippen LogP contribution is 2.34. The average Bonchev–Trinajstić information content (AvgIpc) is 3.11. The SMILES string of the molecule is O=Cc1cc(-c2ccc(F)c3ccsc23)cc(C(=O)NCCS(=O)(=O)O)n1. The lowest BCUT2D eigenvalue weighted by atomic mass is 10.0. The number of hydrogen-bond acceptors (Lipinski definition) is 6. The van der Waals surface area contributed by atoms with Gasteiger partial charge in [-0.3, -0.25) is 14.1 Å². The molecule has 0 bridgehead atoms. The monoisotopic (exact) mass is 408 g/mol. The standard InChI is InChI=1S/C17H13FN2O5S2/c18-14-2-1-12(16-13(14)3-5-26-16)10-7-11(9-21)20-15(8-10)17(22)19-4-6-27(23,24)25/h1-3,5,7-9H,4,6H2,(H,19,22)(H,23,24,25). The van der Waals surface area contributed by atoms with E-state index < -0.39 is 21.8 Å². The van der Waals surface area contributed by atoms with Crippen molar-refractivity contribution in [1.29, 1.82) is 0 Å². The number of benzene rings is 1. The van der Waals surface area contributed by atoms with Gasteiger partial charge in [0.25, 0.3) is 16.0 Å². The summed E-state index contributed by atoms with van der Waals surface area (Å²) in [5.41, 5.74) is 1.04. The molecule has 10 heteroatoms. The first kappa shape index (κ1) is 19.1. The second kappa shape index (κ2) is 7.51. The van der Waals surface area contributed by atoms with Crippen molar-refractivity contribution in [3.63, 3.8) is 0 Å². The first-order chi connectivity index (χ1) is 12.8. The minimum Gasteiger partial charge on any atom is -0.350 e. The number of aldehydes is 1. The van der Waals surface area contributed by atoms with Gasteiger partial charge < -0.3 is 5.32 Å². The molecule has 0 spiro atoms. The molecule has 7 nitrogen and oxygen atoms in total. The van der Waals surface area contributed by atoms with Gasteiger partial charge >= 0.3 is 0 Å². The van der Waals surface area contributed by atoms with Crippen LogP contribution in [0.3, 0.4) is 0 Å². The normalized spacial score (nSPS) is 11.5. The summed E-state index contributed by atoms with van der Waals surface area (Å²) in [7, 11) is -4.21. The third-order valence-corrected chi connectivity index (χ3v) is 5.39. The molecule has 0 aliphatic rings. The predicted molar refractivity (Wildman–Crippen MR) is 99.2 cm³/mol. The van der Waals surface area contributed by atoms with Crippen molar-refractivity contribution in [2.24, 2.45) is 0 Å². The maximum Gasteiger partial charge on any atom is 0.269 e. The van der Waals surface area contributed by atoms with E-state index in [2.05, 4.69) is 10.3 Å². The van der Waals surface area contributed by atoms with E-state index in [0.717, 1.165) is 0 Å². The van der Waals surface area contributed by atoms with Gasteiger partial charge in [-0.1, -0.05) is 6.07 Å². The van der Waals surface area contributed by atoms with Crippen molar-refractivity contribution in [3.8, 4) is 11.1 Å².